The van der Waals surface area contributed by atoms with E-state index in [1.807, 2.05) is 0 Å². The molecule has 2 aliphatic rings. The summed E-state index contributed by atoms with van der Waals surface area (Å²) in [5, 5.41) is 8.85. The average molecular weight is 368 g/mol. The van der Waals surface area contributed by atoms with Crippen LogP contribution in [0.1, 0.15) is 12.8 Å². The van der Waals surface area contributed by atoms with Gasteiger partial charge < -0.3 is 19.6 Å². The van der Waals surface area contributed by atoms with Gasteiger partial charge in [-0.15, -0.1) is 0 Å². The van der Waals surface area contributed by atoms with Gasteiger partial charge >= 0.3 is 5.97 Å². The molecule has 7 nitrogen and oxygen atoms in total. The van der Waals surface area contributed by atoms with E-state index >= 15 is 0 Å². The molecule has 0 unspecified atom stereocenters. The first-order chi connectivity index (χ1) is 12.3. The maximum Gasteiger partial charge on any atom is 0.306 e. The standard InChI is InChI=1S/C17H18F2N2O5/c18-11-4-12(19)6-13(5-11)21-8-10(3-15(21)22)17(25)20-1-2-26-14(9-20)7-16(23)24/h4-6,10,14H,1-3,7-9H2,(H,23,24)/t10-,14+/m1/s1. The predicted molar refractivity (Wildman–Crippen MR) is 85.4 cm³/mol. The van der Waals surface area contributed by atoms with Crippen LogP contribution in [0.4, 0.5) is 14.5 Å². The highest BCUT2D eigenvalue weighted by Gasteiger charge is 2.39. The van der Waals surface area contributed by atoms with Gasteiger partial charge in [0.15, 0.2) is 0 Å². The predicted octanol–water partition coefficient (Wildman–Crippen LogP) is 1.02. The van der Waals surface area contributed by atoms with Crippen molar-refractivity contribution in [3.05, 3.63) is 29.8 Å². The number of carboxylic acid groups (broad SMARTS) is 1. The zero-order valence-electron chi connectivity index (χ0n) is 13.9. The van der Waals surface area contributed by atoms with Crippen molar-refractivity contribution in [2.24, 2.45) is 5.92 Å². The van der Waals surface area contributed by atoms with E-state index in [0.29, 0.717) is 12.6 Å². The van der Waals surface area contributed by atoms with Crippen molar-refractivity contribution < 1.29 is 33.0 Å². The molecule has 2 saturated heterocycles. The number of halogens is 2. The van der Waals surface area contributed by atoms with Gasteiger partial charge in [-0.2, -0.15) is 0 Å². The van der Waals surface area contributed by atoms with Gasteiger partial charge in [0.2, 0.25) is 11.8 Å². The average Bonchev–Trinajstić information content (AvgIpc) is 2.95. The number of carbonyl (C=O) groups excluding carboxylic acids is 2. The Balaban J connectivity index is 1.67. The van der Waals surface area contributed by atoms with Gasteiger partial charge in [-0.3, -0.25) is 14.4 Å². The Morgan fingerprint density at radius 3 is 2.54 bits per heavy atom. The summed E-state index contributed by atoms with van der Waals surface area (Å²) in [6.45, 7) is 0.712. The first-order valence-corrected chi connectivity index (χ1v) is 8.22. The van der Waals surface area contributed by atoms with E-state index in [9.17, 15) is 23.2 Å². The normalized spacial score (nSPS) is 23.4. The highest BCUT2D eigenvalue weighted by molar-refractivity contribution is 6.00. The van der Waals surface area contributed by atoms with Gasteiger partial charge in [0.25, 0.3) is 0 Å². The lowest BCUT2D eigenvalue weighted by Gasteiger charge is -2.33. The Labute approximate surface area is 148 Å². The Bertz CT molecular complexity index is 722. The minimum Gasteiger partial charge on any atom is -0.481 e. The van der Waals surface area contributed by atoms with Gasteiger partial charge in [0.05, 0.1) is 25.0 Å². The van der Waals surface area contributed by atoms with Gasteiger partial charge in [0.1, 0.15) is 11.6 Å². The van der Waals surface area contributed by atoms with Crippen molar-refractivity contribution in [1.29, 1.82) is 0 Å². The minimum atomic E-state index is -1.01. The fraction of sp³-hybridized carbons (Fsp3) is 0.471. The molecule has 0 saturated carbocycles. The number of anilines is 1. The molecule has 2 fully saturated rings. The van der Waals surface area contributed by atoms with E-state index < -0.39 is 29.6 Å². The van der Waals surface area contributed by atoms with Crippen molar-refractivity contribution in [3.8, 4) is 0 Å². The molecule has 0 aromatic heterocycles. The maximum absolute atomic E-state index is 13.4. The van der Waals surface area contributed by atoms with Gasteiger partial charge in [-0.1, -0.05) is 0 Å². The first-order valence-electron chi connectivity index (χ1n) is 8.22. The van der Waals surface area contributed by atoms with E-state index in [1.54, 1.807) is 0 Å². The number of rotatable bonds is 4. The summed E-state index contributed by atoms with van der Waals surface area (Å²) in [5.41, 5.74) is 0.0773. The highest BCUT2D eigenvalue weighted by atomic mass is 19.1. The van der Waals surface area contributed by atoms with Gasteiger partial charge in [0, 0.05) is 37.8 Å². The zero-order valence-corrected chi connectivity index (χ0v) is 13.9. The van der Waals surface area contributed by atoms with Crippen molar-refractivity contribution >= 4 is 23.5 Å². The number of morpholine rings is 1. The molecule has 1 N–H and O–H groups in total. The molecule has 2 heterocycles. The Morgan fingerprint density at radius 1 is 1.19 bits per heavy atom. The summed E-state index contributed by atoms with van der Waals surface area (Å²) in [4.78, 5) is 38.4. The summed E-state index contributed by atoms with van der Waals surface area (Å²) in [6, 6.07) is 2.81. The maximum atomic E-state index is 13.4. The molecule has 0 radical (unpaired) electrons. The van der Waals surface area contributed by atoms with Crippen LogP contribution < -0.4 is 4.90 Å². The molecule has 1 aromatic carbocycles. The topological polar surface area (TPSA) is 87.2 Å². The van der Waals surface area contributed by atoms with E-state index in [2.05, 4.69) is 0 Å². The second-order valence-corrected chi connectivity index (χ2v) is 6.41. The summed E-state index contributed by atoms with van der Waals surface area (Å²) in [5.74, 6) is -3.92. The molecule has 2 aliphatic heterocycles. The monoisotopic (exact) mass is 368 g/mol. The molecule has 2 atom stereocenters. The number of carbonyl (C=O) groups is 3. The van der Waals surface area contributed by atoms with Crippen LogP contribution in [0.15, 0.2) is 18.2 Å². The molecule has 1 aromatic rings. The third-order valence-corrected chi connectivity index (χ3v) is 4.49. The first kappa shape index (κ1) is 18.2. The van der Waals surface area contributed by atoms with E-state index in [-0.39, 0.29) is 50.0 Å². The lowest BCUT2D eigenvalue weighted by atomic mass is 10.1. The number of benzene rings is 1. The van der Waals surface area contributed by atoms with Crippen molar-refractivity contribution in [2.75, 3.05) is 31.1 Å². The number of amides is 2. The summed E-state index contributed by atoms with van der Waals surface area (Å²) in [6.07, 6.45) is -0.851. The SMILES string of the molecule is O=C(O)C[C@H]1CN(C(=O)[C@@H]2CC(=O)N(c3cc(F)cc(F)c3)C2)CCO1. The molecule has 26 heavy (non-hydrogen) atoms. The Kier molecular flexibility index (Phi) is 5.17. The van der Waals surface area contributed by atoms with E-state index in [4.69, 9.17) is 9.84 Å². The summed E-state index contributed by atoms with van der Waals surface area (Å²) < 4.78 is 32.1. The van der Waals surface area contributed by atoms with Crippen LogP contribution in [0.3, 0.4) is 0 Å². The molecule has 9 heteroatoms. The zero-order chi connectivity index (χ0) is 18.8. The van der Waals surface area contributed by atoms with Crippen LogP contribution in [0.25, 0.3) is 0 Å². The second kappa shape index (κ2) is 7.36. The molecular formula is C17H18F2N2O5. The van der Waals surface area contributed by atoms with Crippen LogP contribution in [0.5, 0.6) is 0 Å². The number of aliphatic carboxylic acids is 1. The molecule has 0 bridgehead atoms. The van der Waals surface area contributed by atoms with Gasteiger partial charge in [-0.25, -0.2) is 8.78 Å². The lowest BCUT2D eigenvalue weighted by Crippen LogP contribution is -2.48. The second-order valence-electron chi connectivity index (χ2n) is 6.41. The third kappa shape index (κ3) is 3.98. The summed E-state index contributed by atoms with van der Waals surface area (Å²) >= 11 is 0. The van der Waals surface area contributed by atoms with Gasteiger partial charge in [-0.05, 0) is 12.1 Å². The van der Waals surface area contributed by atoms with E-state index in [1.165, 1.54) is 9.80 Å². The lowest BCUT2D eigenvalue weighted by molar-refractivity contribution is -0.149. The molecular weight excluding hydrogens is 350 g/mol. The number of carboxylic acids is 1. The van der Waals surface area contributed by atoms with Crippen LogP contribution in [0.2, 0.25) is 0 Å². The molecule has 2 amide bonds. The van der Waals surface area contributed by atoms with Crippen LogP contribution in [-0.2, 0) is 19.1 Å². The number of hydrogen-bond donors (Lipinski definition) is 1. The largest absolute Gasteiger partial charge is 0.481 e. The molecule has 3 rings (SSSR count). The van der Waals surface area contributed by atoms with Crippen LogP contribution in [-0.4, -0.2) is 60.1 Å². The number of nitrogens with zero attached hydrogens (tertiary/aromatic N) is 2. The van der Waals surface area contributed by atoms with Crippen molar-refractivity contribution in [2.45, 2.75) is 18.9 Å². The van der Waals surface area contributed by atoms with E-state index in [0.717, 1.165) is 12.1 Å². The smallest absolute Gasteiger partial charge is 0.306 e. The molecule has 140 valence electrons. The fourth-order valence-corrected chi connectivity index (χ4v) is 3.31. The number of ether oxygens (including phenoxy) is 1. The van der Waals surface area contributed by atoms with Crippen LogP contribution >= 0.6 is 0 Å². The third-order valence-electron chi connectivity index (χ3n) is 4.49. The molecule has 0 spiro atoms. The summed E-state index contributed by atoms with van der Waals surface area (Å²) in [7, 11) is 0. The van der Waals surface area contributed by atoms with Crippen LogP contribution in [0, 0.1) is 17.6 Å². The Hall–Kier alpha value is -2.55. The highest BCUT2D eigenvalue weighted by Crippen LogP contribution is 2.28. The minimum absolute atomic E-state index is 0.0293. The van der Waals surface area contributed by atoms with Crippen molar-refractivity contribution in [1.82, 2.24) is 4.90 Å². The van der Waals surface area contributed by atoms with Crippen molar-refractivity contribution in [3.63, 3.8) is 0 Å². The number of hydrogen-bond acceptors (Lipinski definition) is 4. The fourth-order valence-electron chi connectivity index (χ4n) is 3.31. The quantitative estimate of drug-likeness (QED) is 0.858. The molecule has 0 aliphatic carbocycles. The Morgan fingerprint density at radius 2 is 1.88 bits per heavy atom.